The van der Waals surface area contributed by atoms with Crippen molar-refractivity contribution in [2.45, 2.75) is 37.4 Å². The van der Waals surface area contributed by atoms with Gasteiger partial charge in [-0.3, -0.25) is 38.6 Å². The number of hydrogen-bond acceptors (Lipinski definition) is 24. The van der Waals surface area contributed by atoms with E-state index in [9.17, 15) is 67.1 Å². The number of methoxy groups -OCH3 is 3. The minimum Gasteiger partial charge on any atom is -0.495 e. The van der Waals surface area contributed by atoms with E-state index in [0.29, 0.717) is 65.9 Å². The number of nitrogens with zero attached hydrogens (tertiary/aromatic N) is 15. The van der Waals surface area contributed by atoms with Gasteiger partial charge in [0.05, 0.1) is 103 Å². The minimum absolute atomic E-state index is 0.0153. The minimum atomic E-state index is -4.66. The number of fused-ring (bicyclic) bond motifs is 6. The van der Waals surface area contributed by atoms with Gasteiger partial charge in [-0.1, -0.05) is 36.4 Å². The first-order valence-corrected chi connectivity index (χ1v) is 37.4. The number of likely N-dealkylation sites (tertiary alicyclic amines) is 1. The highest BCUT2D eigenvalue weighted by Gasteiger charge is 2.43. The van der Waals surface area contributed by atoms with Crippen molar-refractivity contribution >= 4 is 132 Å². The van der Waals surface area contributed by atoms with Crippen molar-refractivity contribution in [3.05, 3.63) is 168 Å². The summed E-state index contributed by atoms with van der Waals surface area (Å²) in [7, 11) is 9.92. The smallest absolute Gasteiger partial charge is 0.406 e. The first-order chi connectivity index (χ1) is 54.5. The molecule has 0 radical (unpaired) electrons. The molecular weight excluding hydrogens is 1540 g/mol. The third kappa shape index (κ3) is 19.2. The van der Waals surface area contributed by atoms with Crippen molar-refractivity contribution in [1.82, 2.24) is 45.0 Å². The number of rotatable bonds is 17. The number of para-hydroxylation sites is 3. The number of aromatic nitrogens is 6. The number of ether oxygens (including phenoxy) is 3. The number of anilines is 17. The molecule has 0 aliphatic carbocycles. The van der Waals surface area contributed by atoms with E-state index in [1.54, 1.807) is 111 Å². The zero-order valence-corrected chi connectivity index (χ0v) is 64.2. The van der Waals surface area contributed by atoms with Gasteiger partial charge in [-0.2, -0.15) is 54.5 Å². The Labute approximate surface area is 654 Å². The molecule has 6 aromatic carbocycles. The van der Waals surface area contributed by atoms with Crippen LogP contribution in [0.4, 0.5) is 137 Å². The molecule has 0 spiro atoms. The maximum Gasteiger partial charge on any atom is 0.406 e. The average Bonchev–Trinajstić information content (AvgIpc) is 1.64. The van der Waals surface area contributed by atoms with Crippen molar-refractivity contribution < 1.29 is 81.3 Å². The molecule has 5 aliphatic heterocycles. The fraction of sp³-hybridized carbons (Fsp3) is 0.316. The van der Waals surface area contributed by atoms with Crippen LogP contribution in [0.2, 0.25) is 0 Å². The SMILES string of the molecule is COc1cc(C(=O)NC2CCN(C)CC2)ccc1Nc1ncc2c(n1)N(C)c1ccccc1C(=O)N2CC(F)(F)F.COc1cc(N2CCN(C)CC2)ccc1Nc1ncc2c(n1)N(C)c1ccccc1C(=O)N2CC(F)(F)F.COc1cc(NS(C)(=O)=O)ccc1Nc1ncc2c(n1)N(C)c1ccccc1C(=O)N2CC(F)(F)F. The summed E-state index contributed by atoms with van der Waals surface area (Å²) in [5, 5.41) is 12.1. The van der Waals surface area contributed by atoms with Crippen LogP contribution in [0.15, 0.2) is 146 Å². The summed E-state index contributed by atoms with van der Waals surface area (Å²) < 4.78 is 163. The number of hydrogen-bond donors (Lipinski definition) is 5. The van der Waals surface area contributed by atoms with Gasteiger partial charge in [0.15, 0.2) is 17.5 Å². The monoisotopic (exact) mass is 1620 g/mol. The van der Waals surface area contributed by atoms with Gasteiger partial charge < -0.3 is 64.9 Å². The van der Waals surface area contributed by atoms with E-state index in [4.69, 9.17) is 14.2 Å². The second-order valence-electron chi connectivity index (χ2n) is 27.3. The Bertz CT molecular complexity index is 5250. The van der Waals surface area contributed by atoms with Gasteiger partial charge in [-0.25, -0.2) is 23.4 Å². The first-order valence-electron chi connectivity index (χ1n) is 35.6. The summed E-state index contributed by atoms with van der Waals surface area (Å²) in [6.07, 6.45) is -7.58. The van der Waals surface area contributed by atoms with Crippen molar-refractivity contribution in [3.63, 3.8) is 0 Å². The van der Waals surface area contributed by atoms with Crippen LogP contribution in [0.5, 0.6) is 17.2 Å². The number of sulfonamides is 1. The number of benzene rings is 6. The zero-order chi connectivity index (χ0) is 82.6. The molecule has 606 valence electrons. The lowest BCUT2D eigenvalue weighted by Crippen LogP contribution is -2.44. The summed E-state index contributed by atoms with van der Waals surface area (Å²) in [4.78, 5) is 91.7. The molecule has 9 aromatic rings. The maximum absolute atomic E-state index is 13.5. The van der Waals surface area contributed by atoms with Crippen LogP contribution in [-0.2, 0) is 10.0 Å². The fourth-order valence-electron chi connectivity index (χ4n) is 13.4. The molecule has 0 saturated carbocycles. The van der Waals surface area contributed by atoms with Crippen molar-refractivity contribution in [1.29, 1.82) is 0 Å². The van der Waals surface area contributed by atoms with E-state index in [2.05, 4.69) is 84.7 Å². The molecular formula is C76H79F9N20O9S. The third-order valence-corrected chi connectivity index (χ3v) is 19.7. The Morgan fingerprint density at radius 2 is 0.817 bits per heavy atom. The number of alkyl halides is 9. The van der Waals surface area contributed by atoms with E-state index in [0.717, 1.165) is 70.3 Å². The second-order valence-corrected chi connectivity index (χ2v) is 29.0. The fourth-order valence-corrected chi connectivity index (χ4v) is 13.9. The molecule has 3 aromatic heterocycles. The summed E-state index contributed by atoms with van der Waals surface area (Å²) in [6.45, 7) is 1.11. The molecule has 39 heteroatoms. The molecule has 0 bridgehead atoms. The topological polar surface area (TPSA) is 297 Å². The number of carbonyl (C=O) groups excluding carboxylic acids is 4. The molecule has 14 rings (SSSR count). The second kappa shape index (κ2) is 33.7. The number of carbonyl (C=O) groups is 4. The van der Waals surface area contributed by atoms with Crippen LogP contribution in [0.3, 0.4) is 0 Å². The third-order valence-electron chi connectivity index (χ3n) is 19.1. The molecule has 0 atom stereocenters. The lowest BCUT2D eigenvalue weighted by molar-refractivity contribution is -0.119. The van der Waals surface area contributed by atoms with Gasteiger partial charge in [-0.05, 0) is 119 Å². The van der Waals surface area contributed by atoms with Gasteiger partial charge in [0, 0.05) is 76.7 Å². The summed E-state index contributed by atoms with van der Waals surface area (Å²) >= 11 is 0. The zero-order valence-electron chi connectivity index (χ0n) is 63.4. The molecule has 2 saturated heterocycles. The standard InChI is InChI=1S/C28H30F3N7O3.C26H28F3N7O2.C22H21F3N6O4S/c1-36-12-10-18(11-13-36)33-25(39)17-8-9-20(23(14-17)41-3)34-27-32-15-22-24(35-27)37(2)21-7-5-4-6-19(21)26(40)38(22)16-28(29,30)31;1-33-10-12-35(13-11-33)17-8-9-19(22(14-17)38-3)31-25-30-15-21-23(32-25)34(2)20-7-5-4-6-18(20)24(37)36(21)16-26(27,28)29;1-30-16-7-5-4-6-14(16)20(32)31(12-22(23,24)25)17-11-26-21(28-19(17)30)27-15-9-8-13(10-18(15)35-2)29-36(3,33)34/h4-9,14-15,18H,10-13,16H2,1-3H3,(H,33,39)(H,32,34,35);4-9,14-15H,10-13,16H2,1-3H3,(H,30,31,32);4-11,29H,12H2,1-3H3,(H,26,27,28). The van der Waals surface area contributed by atoms with Crippen LogP contribution in [0.25, 0.3) is 0 Å². The quantitative estimate of drug-likeness (QED) is 0.0529. The van der Waals surface area contributed by atoms with Crippen LogP contribution in [0, 0.1) is 0 Å². The molecule has 0 unspecified atom stereocenters. The molecule has 5 N–H and O–H groups in total. The van der Waals surface area contributed by atoms with E-state index in [1.807, 2.05) is 18.2 Å². The number of likely N-dealkylation sites (N-methyl/N-ethyl adjacent to an activating group) is 1. The van der Waals surface area contributed by atoms with Crippen LogP contribution >= 0.6 is 0 Å². The van der Waals surface area contributed by atoms with E-state index >= 15 is 0 Å². The highest BCUT2D eigenvalue weighted by Crippen LogP contribution is 2.45. The molecule has 29 nitrogen and oxygen atoms in total. The Morgan fingerprint density at radius 3 is 1.20 bits per heavy atom. The largest absolute Gasteiger partial charge is 0.495 e. The lowest BCUT2D eigenvalue weighted by Gasteiger charge is -2.34. The first kappa shape index (κ1) is 82.0. The van der Waals surface area contributed by atoms with Gasteiger partial charge in [0.2, 0.25) is 27.9 Å². The predicted octanol–water partition coefficient (Wildman–Crippen LogP) is 12.5. The Kier molecular flexibility index (Phi) is 24.0. The molecule has 8 heterocycles. The summed E-state index contributed by atoms with van der Waals surface area (Å²) in [5.74, 6) is -0.834. The number of piperazine rings is 1. The lowest BCUT2D eigenvalue weighted by atomic mass is 10.0. The molecule has 4 amide bonds. The van der Waals surface area contributed by atoms with Gasteiger partial charge >= 0.3 is 18.5 Å². The highest BCUT2D eigenvalue weighted by atomic mass is 32.2. The number of piperidine rings is 1. The van der Waals surface area contributed by atoms with Crippen molar-refractivity contribution in [2.24, 2.45) is 0 Å². The van der Waals surface area contributed by atoms with Crippen LogP contribution < -0.4 is 74.5 Å². The average molecular weight is 1620 g/mol. The Morgan fingerprint density at radius 1 is 0.461 bits per heavy atom. The van der Waals surface area contributed by atoms with Gasteiger partial charge in [0.1, 0.15) is 53.9 Å². The molecule has 5 aliphatic rings. The highest BCUT2D eigenvalue weighted by molar-refractivity contribution is 7.92. The van der Waals surface area contributed by atoms with E-state index in [1.165, 1.54) is 67.9 Å². The molecule has 2 fully saturated rings. The predicted molar refractivity (Wildman–Crippen MR) is 418 cm³/mol. The van der Waals surface area contributed by atoms with E-state index < -0.39 is 65.9 Å². The van der Waals surface area contributed by atoms with Crippen LogP contribution in [0.1, 0.15) is 54.3 Å². The normalized spacial score (nSPS) is 15.3. The van der Waals surface area contributed by atoms with Crippen LogP contribution in [-0.4, -0.2) is 218 Å². The number of nitrogens with one attached hydrogen (secondary N) is 5. The number of amides is 4. The van der Waals surface area contributed by atoms with E-state index in [-0.39, 0.29) is 92.4 Å². The van der Waals surface area contributed by atoms with Crippen molar-refractivity contribution in [2.75, 3.05) is 177 Å². The van der Waals surface area contributed by atoms with Crippen molar-refractivity contribution in [3.8, 4) is 17.2 Å². The molecule has 115 heavy (non-hydrogen) atoms. The van der Waals surface area contributed by atoms with Gasteiger partial charge in [-0.15, -0.1) is 0 Å². The Hall–Kier alpha value is -12.5. The van der Waals surface area contributed by atoms with Gasteiger partial charge in [0.25, 0.3) is 23.6 Å². The summed E-state index contributed by atoms with van der Waals surface area (Å²) in [6, 6.07) is 34.4. The summed E-state index contributed by atoms with van der Waals surface area (Å²) in [5.41, 5.74) is 4.50. The Balaban J connectivity index is 0.000000160. The maximum atomic E-state index is 13.5. The number of halogens is 9.